The summed E-state index contributed by atoms with van der Waals surface area (Å²) in [5.41, 5.74) is 2.87. The van der Waals surface area contributed by atoms with Gasteiger partial charge in [-0.15, -0.1) is 0 Å². The van der Waals surface area contributed by atoms with Crippen LogP contribution < -0.4 is 19.7 Å². The summed E-state index contributed by atoms with van der Waals surface area (Å²) in [7, 11) is 0. The average molecular weight is 381 g/mol. The average Bonchev–Trinajstić information content (AvgIpc) is 2.74. The van der Waals surface area contributed by atoms with Crippen LogP contribution in [0.1, 0.15) is 12.5 Å². The Bertz CT molecular complexity index is 832. The first-order valence-corrected chi connectivity index (χ1v) is 9.97. The highest BCUT2D eigenvalue weighted by Gasteiger charge is 2.19. The van der Waals surface area contributed by atoms with Crippen LogP contribution in [0.2, 0.25) is 0 Å². The summed E-state index contributed by atoms with van der Waals surface area (Å²) in [5, 5.41) is 3.10. The Morgan fingerprint density at radius 2 is 1.75 bits per heavy atom. The SMILES string of the molecule is CCN1CCN(c2ccccc2NC(=O)Cc2ccc3c(c2)OCCO3)CC1. The van der Waals surface area contributed by atoms with Gasteiger partial charge >= 0.3 is 0 Å². The number of nitrogens with zero attached hydrogens (tertiary/aromatic N) is 2. The van der Waals surface area contributed by atoms with E-state index in [-0.39, 0.29) is 5.91 Å². The third kappa shape index (κ3) is 4.22. The molecule has 0 aromatic heterocycles. The molecule has 6 nitrogen and oxygen atoms in total. The third-order valence-electron chi connectivity index (χ3n) is 5.31. The number of amides is 1. The molecule has 0 saturated carbocycles. The van der Waals surface area contributed by atoms with Gasteiger partial charge in [-0.1, -0.05) is 25.1 Å². The lowest BCUT2D eigenvalue weighted by atomic mass is 10.1. The van der Waals surface area contributed by atoms with Crippen LogP contribution in [0.4, 0.5) is 11.4 Å². The second-order valence-corrected chi connectivity index (χ2v) is 7.14. The Balaban J connectivity index is 1.42. The Labute approximate surface area is 166 Å². The number of carbonyl (C=O) groups is 1. The van der Waals surface area contributed by atoms with Gasteiger partial charge in [0.1, 0.15) is 13.2 Å². The Kier molecular flexibility index (Phi) is 5.67. The van der Waals surface area contributed by atoms with Crippen molar-refractivity contribution in [3.8, 4) is 11.5 Å². The molecule has 28 heavy (non-hydrogen) atoms. The van der Waals surface area contributed by atoms with Gasteiger partial charge in [0.05, 0.1) is 17.8 Å². The summed E-state index contributed by atoms with van der Waals surface area (Å²) in [4.78, 5) is 17.5. The van der Waals surface area contributed by atoms with E-state index in [9.17, 15) is 4.79 Å². The number of nitrogens with one attached hydrogen (secondary N) is 1. The lowest BCUT2D eigenvalue weighted by Gasteiger charge is -2.36. The molecule has 2 aliphatic heterocycles. The van der Waals surface area contributed by atoms with Crippen LogP contribution >= 0.6 is 0 Å². The minimum Gasteiger partial charge on any atom is -0.486 e. The minimum atomic E-state index is -0.0312. The molecule has 148 valence electrons. The van der Waals surface area contributed by atoms with E-state index in [4.69, 9.17) is 9.47 Å². The summed E-state index contributed by atoms with van der Waals surface area (Å²) in [5.74, 6) is 1.43. The standard InChI is InChI=1S/C22H27N3O3/c1-2-24-9-11-25(12-10-24)19-6-4-3-5-18(19)23-22(26)16-17-7-8-20-21(15-17)28-14-13-27-20/h3-8,15H,2,9-14,16H2,1H3,(H,23,26). The van der Waals surface area contributed by atoms with Crippen LogP contribution in [0.3, 0.4) is 0 Å². The summed E-state index contributed by atoms with van der Waals surface area (Å²) >= 11 is 0. The lowest BCUT2D eigenvalue weighted by molar-refractivity contribution is -0.115. The summed E-state index contributed by atoms with van der Waals surface area (Å²) in [6.45, 7) is 8.44. The highest BCUT2D eigenvalue weighted by molar-refractivity contribution is 5.95. The van der Waals surface area contributed by atoms with Gasteiger partial charge in [-0.2, -0.15) is 0 Å². The topological polar surface area (TPSA) is 54.0 Å². The van der Waals surface area contributed by atoms with Crippen LogP contribution in [0.15, 0.2) is 42.5 Å². The predicted molar refractivity (Wildman–Crippen MR) is 111 cm³/mol. The first-order chi connectivity index (χ1) is 13.7. The number of rotatable bonds is 5. The Hall–Kier alpha value is -2.73. The Morgan fingerprint density at radius 1 is 1.00 bits per heavy atom. The predicted octanol–water partition coefficient (Wildman–Crippen LogP) is 2.78. The van der Waals surface area contributed by atoms with Crippen molar-refractivity contribution in [2.75, 3.05) is 56.2 Å². The van der Waals surface area contributed by atoms with Gasteiger partial charge in [0.2, 0.25) is 5.91 Å². The van der Waals surface area contributed by atoms with Gasteiger partial charge in [0.15, 0.2) is 11.5 Å². The highest BCUT2D eigenvalue weighted by atomic mass is 16.6. The fraction of sp³-hybridized carbons (Fsp3) is 0.409. The molecule has 0 spiro atoms. The molecule has 0 aliphatic carbocycles. The summed E-state index contributed by atoms with van der Waals surface area (Å²) in [6.07, 6.45) is 0.300. The zero-order chi connectivity index (χ0) is 19.3. The molecule has 1 amide bonds. The molecular weight excluding hydrogens is 354 g/mol. The van der Waals surface area contributed by atoms with Gasteiger partial charge in [-0.3, -0.25) is 4.79 Å². The molecule has 1 N–H and O–H groups in total. The van der Waals surface area contributed by atoms with E-state index >= 15 is 0 Å². The zero-order valence-electron chi connectivity index (χ0n) is 16.3. The maximum atomic E-state index is 12.7. The van der Waals surface area contributed by atoms with E-state index in [1.54, 1.807) is 0 Å². The van der Waals surface area contributed by atoms with E-state index in [2.05, 4.69) is 28.1 Å². The minimum absolute atomic E-state index is 0.0312. The number of hydrogen-bond acceptors (Lipinski definition) is 5. The lowest BCUT2D eigenvalue weighted by Crippen LogP contribution is -2.46. The molecule has 0 bridgehead atoms. The molecule has 2 aromatic carbocycles. The summed E-state index contributed by atoms with van der Waals surface area (Å²) < 4.78 is 11.2. The molecular formula is C22H27N3O3. The number of benzene rings is 2. The number of ether oxygens (including phenoxy) is 2. The fourth-order valence-electron chi connectivity index (χ4n) is 3.74. The number of hydrogen-bond donors (Lipinski definition) is 1. The van der Waals surface area contributed by atoms with E-state index in [0.717, 1.165) is 55.4 Å². The number of piperazine rings is 1. The smallest absolute Gasteiger partial charge is 0.228 e. The van der Waals surface area contributed by atoms with Crippen molar-refractivity contribution in [2.24, 2.45) is 0 Å². The number of para-hydroxylation sites is 2. The van der Waals surface area contributed by atoms with Crippen molar-refractivity contribution in [2.45, 2.75) is 13.3 Å². The monoisotopic (exact) mass is 381 g/mol. The quantitative estimate of drug-likeness (QED) is 0.863. The molecule has 0 radical (unpaired) electrons. The van der Waals surface area contributed by atoms with E-state index < -0.39 is 0 Å². The zero-order valence-corrected chi connectivity index (χ0v) is 16.3. The van der Waals surface area contributed by atoms with Gasteiger partial charge in [0, 0.05) is 26.2 Å². The van der Waals surface area contributed by atoms with Crippen LogP contribution in [-0.2, 0) is 11.2 Å². The van der Waals surface area contributed by atoms with Crippen LogP contribution in [0.5, 0.6) is 11.5 Å². The number of carbonyl (C=O) groups excluding carboxylic acids is 1. The normalized spacial score (nSPS) is 16.7. The first kappa shape index (κ1) is 18.6. The molecule has 0 atom stereocenters. The third-order valence-corrected chi connectivity index (χ3v) is 5.31. The van der Waals surface area contributed by atoms with E-state index in [0.29, 0.717) is 25.4 Å². The molecule has 4 rings (SSSR count). The molecule has 0 unspecified atom stereocenters. The van der Waals surface area contributed by atoms with Gasteiger partial charge in [-0.05, 0) is 36.4 Å². The Morgan fingerprint density at radius 3 is 2.54 bits per heavy atom. The molecule has 1 saturated heterocycles. The van der Waals surface area contributed by atoms with Crippen LogP contribution in [0, 0.1) is 0 Å². The largest absolute Gasteiger partial charge is 0.486 e. The molecule has 6 heteroatoms. The highest BCUT2D eigenvalue weighted by Crippen LogP contribution is 2.31. The molecule has 1 fully saturated rings. The maximum Gasteiger partial charge on any atom is 0.228 e. The van der Waals surface area contributed by atoms with Crippen LogP contribution in [-0.4, -0.2) is 56.7 Å². The second kappa shape index (κ2) is 8.52. The maximum absolute atomic E-state index is 12.7. The van der Waals surface area contributed by atoms with Crippen molar-refractivity contribution >= 4 is 17.3 Å². The number of anilines is 2. The van der Waals surface area contributed by atoms with E-state index in [1.165, 1.54) is 0 Å². The fourth-order valence-corrected chi connectivity index (χ4v) is 3.74. The molecule has 2 heterocycles. The van der Waals surface area contributed by atoms with Crippen molar-refractivity contribution < 1.29 is 14.3 Å². The summed E-state index contributed by atoms with van der Waals surface area (Å²) in [6, 6.07) is 13.7. The van der Waals surface area contributed by atoms with Crippen molar-refractivity contribution in [1.29, 1.82) is 0 Å². The van der Waals surface area contributed by atoms with Crippen molar-refractivity contribution in [1.82, 2.24) is 4.90 Å². The first-order valence-electron chi connectivity index (χ1n) is 9.97. The van der Waals surface area contributed by atoms with Gasteiger partial charge in [0.25, 0.3) is 0 Å². The van der Waals surface area contributed by atoms with E-state index in [1.807, 2.05) is 36.4 Å². The number of fused-ring (bicyclic) bond motifs is 1. The van der Waals surface area contributed by atoms with Crippen molar-refractivity contribution in [3.05, 3.63) is 48.0 Å². The van der Waals surface area contributed by atoms with Crippen LogP contribution in [0.25, 0.3) is 0 Å². The molecule has 2 aliphatic rings. The molecule has 2 aromatic rings. The number of likely N-dealkylation sites (N-methyl/N-ethyl adjacent to an activating group) is 1. The van der Waals surface area contributed by atoms with Crippen molar-refractivity contribution in [3.63, 3.8) is 0 Å². The van der Waals surface area contributed by atoms with Gasteiger partial charge in [-0.25, -0.2) is 0 Å². The van der Waals surface area contributed by atoms with Gasteiger partial charge < -0.3 is 24.6 Å². The second-order valence-electron chi connectivity index (χ2n) is 7.14.